The van der Waals surface area contributed by atoms with E-state index in [0.29, 0.717) is 39.7 Å². The normalized spacial score (nSPS) is 15.6. The molecule has 2 aliphatic heterocycles. The average Bonchev–Trinajstić information content (AvgIpc) is 3.16. The van der Waals surface area contributed by atoms with E-state index in [9.17, 15) is 14.4 Å². The van der Waals surface area contributed by atoms with Gasteiger partial charge >= 0.3 is 6.09 Å². The molecule has 0 spiro atoms. The number of imide groups is 1. The molecule has 4 rings (SSSR count). The van der Waals surface area contributed by atoms with E-state index >= 15 is 0 Å². The van der Waals surface area contributed by atoms with Gasteiger partial charge in [0.25, 0.3) is 11.8 Å². The van der Waals surface area contributed by atoms with Crippen molar-refractivity contribution in [1.82, 2.24) is 4.31 Å². The van der Waals surface area contributed by atoms with Crippen LogP contribution in [-0.2, 0) is 11.2 Å². The smallest absolute Gasteiger partial charge is 0.414 e. The molecule has 150 valence electrons. The molecule has 0 radical (unpaired) electrons. The summed E-state index contributed by atoms with van der Waals surface area (Å²) in [4.78, 5) is 40.3. The number of nitrogens with zero attached hydrogens (tertiary/aromatic N) is 2. The first kappa shape index (κ1) is 19.8. The Morgan fingerprint density at radius 1 is 1.10 bits per heavy atom. The number of hydrogen-bond donors (Lipinski definition) is 0. The number of benzene rings is 2. The van der Waals surface area contributed by atoms with Crippen LogP contribution in [0.1, 0.15) is 47.1 Å². The van der Waals surface area contributed by atoms with Gasteiger partial charge in [-0.1, -0.05) is 23.7 Å². The Bertz CT molecular complexity index is 1010. The molecule has 8 heteroatoms. The van der Waals surface area contributed by atoms with Crippen molar-refractivity contribution in [1.29, 1.82) is 0 Å². The summed E-state index contributed by atoms with van der Waals surface area (Å²) in [7, 11) is 0. The van der Waals surface area contributed by atoms with Crippen LogP contribution < -0.4 is 4.90 Å². The monoisotopic (exact) mass is 430 g/mol. The van der Waals surface area contributed by atoms with Crippen molar-refractivity contribution in [2.24, 2.45) is 0 Å². The van der Waals surface area contributed by atoms with Crippen molar-refractivity contribution >= 4 is 47.1 Å². The lowest BCUT2D eigenvalue weighted by Crippen LogP contribution is -2.36. The van der Waals surface area contributed by atoms with E-state index in [0.717, 1.165) is 21.8 Å². The summed E-state index contributed by atoms with van der Waals surface area (Å²) in [5.74, 6) is -0.766. The lowest BCUT2D eigenvalue weighted by atomic mass is 10.1. The van der Waals surface area contributed by atoms with Crippen LogP contribution in [0.2, 0.25) is 5.02 Å². The van der Waals surface area contributed by atoms with Crippen LogP contribution in [0.25, 0.3) is 0 Å². The van der Waals surface area contributed by atoms with Crippen molar-refractivity contribution in [3.63, 3.8) is 0 Å². The fourth-order valence-corrected chi connectivity index (χ4v) is 4.76. The zero-order valence-electron chi connectivity index (χ0n) is 16.2. The number of fused-ring (bicyclic) bond motifs is 2. The summed E-state index contributed by atoms with van der Waals surface area (Å²) in [5.41, 5.74) is 1.61. The Morgan fingerprint density at radius 3 is 2.31 bits per heavy atom. The van der Waals surface area contributed by atoms with Crippen LogP contribution in [0.15, 0.2) is 41.3 Å². The third-order valence-corrected chi connectivity index (χ3v) is 5.79. The maximum absolute atomic E-state index is 12.7. The number of amides is 3. The van der Waals surface area contributed by atoms with Crippen LogP contribution in [-0.4, -0.2) is 34.4 Å². The number of carbonyl (C=O) groups is 3. The van der Waals surface area contributed by atoms with Gasteiger partial charge in [-0.2, -0.15) is 0 Å². The first-order valence-electron chi connectivity index (χ1n) is 9.14. The molecule has 6 nitrogen and oxygen atoms in total. The summed E-state index contributed by atoms with van der Waals surface area (Å²) in [6.07, 6.45) is 0.146. The van der Waals surface area contributed by atoms with Gasteiger partial charge in [0.05, 0.1) is 21.7 Å². The molecule has 0 fully saturated rings. The van der Waals surface area contributed by atoms with E-state index < -0.39 is 11.7 Å². The van der Waals surface area contributed by atoms with Crippen molar-refractivity contribution in [3.05, 3.63) is 58.1 Å². The van der Waals surface area contributed by atoms with Gasteiger partial charge in [-0.15, -0.1) is 0 Å². The molecule has 0 aromatic heterocycles. The number of rotatable bonds is 2. The SMILES string of the molecule is CC(C)(C)OC(=O)N1CCc2cc(Cl)cc(SN3C(=O)c4ccccc4C3=O)c21. The Labute approximate surface area is 177 Å². The Kier molecular flexibility index (Phi) is 4.83. The van der Waals surface area contributed by atoms with E-state index in [1.807, 2.05) is 0 Å². The fraction of sp³-hybridized carbons (Fsp3) is 0.286. The highest BCUT2D eigenvalue weighted by Gasteiger charge is 2.38. The van der Waals surface area contributed by atoms with Crippen LogP contribution in [0, 0.1) is 0 Å². The van der Waals surface area contributed by atoms with E-state index in [1.54, 1.807) is 57.2 Å². The summed E-state index contributed by atoms with van der Waals surface area (Å²) in [6, 6.07) is 10.2. The quantitative estimate of drug-likeness (QED) is 0.498. The Balaban J connectivity index is 1.69. The second-order valence-electron chi connectivity index (χ2n) is 7.84. The predicted molar refractivity (Wildman–Crippen MR) is 112 cm³/mol. The summed E-state index contributed by atoms with van der Waals surface area (Å²) >= 11 is 7.26. The molecular formula is C21H19ClN2O4S. The highest BCUT2D eigenvalue weighted by Crippen LogP contribution is 2.43. The minimum absolute atomic E-state index is 0.368. The summed E-state index contributed by atoms with van der Waals surface area (Å²) in [6.45, 7) is 5.86. The molecule has 2 aromatic rings. The van der Waals surface area contributed by atoms with Crippen molar-refractivity contribution in [2.75, 3.05) is 11.4 Å². The molecule has 0 bridgehead atoms. The van der Waals surface area contributed by atoms with Crippen molar-refractivity contribution in [3.8, 4) is 0 Å². The van der Waals surface area contributed by atoms with Gasteiger partial charge in [0.1, 0.15) is 5.60 Å². The van der Waals surface area contributed by atoms with Gasteiger partial charge in [0.15, 0.2) is 0 Å². The van der Waals surface area contributed by atoms with Crippen molar-refractivity contribution in [2.45, 2.75) is 37.7 Å². The standard InChI is InChI=1S/C21H19ClN2O4S/c1-21(2,3)28-20(27)23-9-8-12-10-13(22)11-16(17(12)23)29-24-18(25)14-6-4-5-7-15(14)19(24)26/h4-7,10-11H,8-9H2,1-3H3. The molecular weight excluding hydrogens is 412 g/mol. The summed E-state index contributed by atoms with van der Waals surface area (Å²) < 4.78 is 6.64. The Morgan fingerprint density at radius 2 is 1.72 bits per heavy atom. The number of hydrogen-bond acceptors (Lipinski definition) is 5. The van der Waals surface area contributed by atoms with Crippen LogP contribution in [0.4, 0.5) is 10.5 Å². The Hall–Kier alpha value is -2.51. The molecule has 0 unspecified atom stereocenters. The van der Waals surface area contributed by atoms with Gasteiger partial charge in [-0.05, 0) is 57.0 Å². The van der Waals surface area contributed by atoms with Crippen LogP contribution in [0.3, 0.4) is 0 Å². The fourth-order valence-electron chi connectivity index (χ4n) is 3.39. The molecule has 2 aromatic carbocycles. The highest BCUT2D eigenvalue weighted by molar-refractivity contribution is 7.98. The molecule has 0 N–H and O–H groups in total. The number of halogens is 1. The topological polar surface area (TPSA) is 66.9 Å². The van der Waals surface area contributed by atoms with Gasteiger partial charge in [0.2, 0.25) is 0 Å². The lowest BCUT2D eigenvalue weighted by molar-refractivity contribution is 0.0582. The third-order valence-electron chi connectivity index (χ3n) is 4.55. The molecule has 0 aliphatic carbocycles. The van der Waals surface area contributed by atoms with Gasteiger partial charge in [-0.3, -0.25) is 14.5 Å². The molecule has 0 atom stereocenters. The van der Waals surface area contributed by atoms with Gasteiger partial charge < -0.3 is 4.74 Å². The van der Waals surface area contributed by atoms with E-state index in [2.05, 4.69) is 0 Å². The minimum Gasteiger partial charge on any atom is -0.443 e. The molecule has 0 saturated carbocycles. The second kappa shape index (κ2) is 7.07. The first-order chi connectivity index (χ1) is 13.7. The van der Waals surface area contributed by atoms with E-state index in [4.69, 9.17) is 16.3 Å². The maximum atomic E-state index is 12.7. The van der Waals surface area contributed by atoms with Crippen LogP contribution in [0.5, 0.6) is 0 Å². The number of anilines is 1. The van der Waals surface area contributed by atoms with Gasteiger partial charge in [0, 0.05) is 23.5 Å². The van der Waals surface area contributed by atoms with Gasteiger partial charge in [-0.25, -0.2) is 9.10 Å². The number of carbonyl (C=O) groups excluding carboxylic acids is 3. The minimum atomic E-state index is -0.637. The average molecular weight is 431 g/mol. The van der Waals surface area contributed by atoms with Crippen LogP contribution >= 0.6 is 23.5 Å². The zero-order valence-corrected chi connectivity index (χ0v) is 17.8. The number of ether oxygens (including phenoxy) is 1. The van der Waals surface area contributed by atoms with E-state index in [1.165, 1.54) is 4.90 Å². The molecule has 2 aliphatic rings. The molecule has 29 heavy (non-hydrogen) atoms. The van der Waals surface area contributed by atoms with Crippen molar-refractivity contribution < 1.29 is 19.1 Å². The molecule has 3 amide bonds. The maximum Gasteiger partial charge on any atom is 0.414 e. The molecule has 0 saturated heterocycles. The predicted octanol–water partition coefficient (Wildman–Crippen LogP) is 4.94. The molecule has 2 heterocycles. The second-order valence-corrected chi connectivity index (χ2v) is 9.26. The van der Waals surface area contributed by atoms with E-state index in [-0.39, 0.29) is 11.8 Å². The third kappa shape index (κ3) is 3.60. The largest absolute Gasteiger partial charge is 0.443 e. The first-order valence-corrected chi connectivity index (χ1v) is 10.3. The lowest BCUT2D eigenvalue weighted by Gasteiger charge is -2.26. The zero-order chi connectivity index (χ0) is 20.9. The highest BCUT2D eigenvalue weighted by atomic mass is 35.5. The summed E-state index contributed by atoms with van der Waals surface area (Å²) in [5, 5.41) is 0.480.